The molecule has 0 unspecified atom stereocenters. The third-order valence-corrected chi connectivity index (χ3v) is 5.45. The number of hydrogen-bond donors (Lipinski definition) is 1. The molecule has 2 aromatic carbocycles. The molecule has 1 amide bonds. The lowest BCUT2D eigenvalue weighted by Gasteiger charge is -2.05. The van der Waals surface area contributed by atoms with Crippen molar-refractivity contribution >= 4 is 23.9 Å². The summed E-state index contributed by atoms with van der Waals surface area (Å²) < 4.78 is 0. The topological polar surface area (TPSA) is 67.2 Å². The first kappa shape index (κ1) is 21.7. The molecule has 1 heterocycles. The van der Waals surface area contributed by atoms with E-state index in [-0.39, 0.29) is 5.91 Å². The molecule has 3 aromatic rings. The van der Waals surface area contributed by atoms with Crippen LogP contribution in [0.4, 0.5) is 0 Å². The number of rotatable bonds is 7. The zero-order valence-electron chi connectivity index (χ0n) is 17.7. The number of hydrogen-bond acceptors (Lipinski definition) is 5. The highest BCUT2D eigenvalue weighted by molar-refractivity contribution is 7.98. The summed E-state index contributed by atoms with van der Waals surface area (Å²) >= 11 is 1.58. The number of nitrogens with zero attached hydrogens (tertiary/aromatic N) is 3. The third-order valence-electron chi connectivity index (χ3n) is 4.53. The molecule has 0 fully saturated rings. The van der Waals surface area contributed by atoms with Crippen molar-refractivity contribution in [2.45, 2.75) is 44.5 Å². The number of carbonyl (C=O) groups is 1. The molecule has 5 nitrogen and oxygen atoms in total. The summed E-state index contributed by atoms with van der Waals surface area (Å²) in [7, 11) is 0. The van der Waals surface area contributed by atoms with Crippen LogP contribution in [-0.4, -0.2) is 22.1 Å². The van der Waals surface area contributed by atoms with E-state index in [2.05, 4.69) is 46.5 Å². The Balaban J connectivity index is 1.53. The molecule has 0 aliphatic rings. The number of nitrogens with one attached hydrogen (secondary N) is 1. The van der Waals surface area contributed by atoms with Gasteiger partial charge in [-0.15, -0.1) is 0 Å². The molecule has 0 aliphatic carbocycles. The SMILES string of the molecule is Cc1cc(C)nc(SCc2ccc(C(=O)N/N=C/c3ccc(C(C)C)cc3)cc2)n1. The van der Waals surface area contributed by atoms with Crippen LogP contribution in [0.1, 0.15) is 58.2 Å². The van der Waals surface area contributed by atoms with Crippen LogP contribution < -0.4 is 5.43 Å². The fraction of sp³-hybridized carbons (Fsp3) is 0.250. The molecule has 0 atom stereocenters. The predicted octanol–water partition coefficient (Wildman–Crippen LogP) is 5.27. The number of carbonyl (C=O) groups excluding carboxylic acids is 1. The smallest absolute Gasteiger partial charge is 0.267 e. The monoisotopic (exact) mass is 418 g/mol. The van der Waals surface area contributed by atoms with E-state index in [9.17, 15) is 4.79 Å². The van der Waals surface area contributed by atoms with Crippen LogP contribution in [-0.2, 0) is 5.75 Å². The molecule has 0 aliphatic heterocycles. The minimum atomic E-state index is -0.234. The molecule has 0 saturated carbocycles. The van der Waals surface area contributed by atoms with Gasteiger partial charge in [-0.05, 0) is 54.7 Å². The summed E-state index contributed by atoms with van der Waals surface area (Å²) in [5, 5.41) is 4.83. The minimum Gasteiger partial charge on any atom is -0.267 e. The van der Waals surface area contributed by atoms with E-state index in [0.29, 0.717) is 11.5 Å². The van der Waals surface area contributed by atoms with Crippen molar-refractivity contribution in [1.82, 2.24) is 15.4 Å². The van der Waals surface area contributed by atoms with E-state index in [4.69, 9.17) is 0 Å². The third kappa shape index (κ3) is 6.26. The van der Waals surface area contributed by atoms with Crippen molar-refractivity contribution in [3.05, 3.63) is 88.2 Å². The van der Waals surface area contributed by atoms with Crippen LogP contribution in [0, 0.1) is 13.8 Å². The van der Waals surface area contributed by atoms with Crippen LogP contribution >= 0.6 is 11.8 Å². The van der Waals surface area contributed by atoms with E-state index in [0.717, 1.165) is 33.4 Å². The molecular formula is C24H26N4OS. The van der Waals surface area contributed by atoms with Crippen molar-refractivity contribution < 1.29 is 4.79 Å². The number of aromatic nitrogens is 2. The molecule has 0 saturated heterocycles. The van der Waals surface area contributed by atoms with Crippen molar-refractivity contribution in [3.63, 3.8) is 0 Å². The van der Waals surface area contributed by atoms with Gasteiger partial charge in [0.1, 0.15) is 0 Å². The average molecular weight is 419 g/mol. The lowest BCUT2D eigenvalue weighted by atomic mass is 10.0. The molecule has 3 rings (SSSR count). The largest absolute Gasteiger partial charge is 0.271 e. The van der Waals surface area contributed by atoms with Crippen LogP contribution in [0.2, 0.25) is 0 Å². The second-order valence-electron chi connectivity index (χ2n) is 7.44. The van der Waals surface area contributed by atoms with Crippen molar-refractivity contribution in [2.24, 2.45) is 5.10 Å². The van der Waals surface area contributed by atoms with Crippen molar-refractivity contribution in [2.75, 3.05) is 0 Å². The number of amides is 1. The van der Waals surface area contributed by atoms with Crippen molar-refractivity contribution in [1.29, 1.82) is 0 Å². The van der Waals surface area contributed by atoms with Gasteiger partial charge in [-0.3, -0.25) is 4.79 Å². The number of aryl methyl sites for hydroxylation is 2. The van der Waals surface area contributed by atoms with E-state index in [1.807, 2.05) is 44.2 Å². The van der Waals surface area contributed by atoms with E-state index >= 15 is 0 Å². The maximum absolute atomic E-state index is 12.3. The Morgan fingerprint density at radius 1 is 1.03 bits per heavy atom. The molecule has 1 aromatic heterocycles. The van der Waals surface area contributed by atoms with E-state index in [1.165, 1.54) is 5.56 Å². The Kier molecular flexibility index (Phi) is 7.36. The maximum Gasteiger partial charge on any atom is 0.271 e. The summed E-state index contributed by atoms with van der Waals surface area (Å²) in [6, 6.07) is 17.6. The second-order valence-corrected chi connectivity index (χ2v) is 8.38. The molecule has 0 radical (unpaired) electrons. The Bertz CT molecular complexity index is 1010. The van der Waals surface area contributed by atoms with Gasteiger partial charge < -0.3 is 0 Å². The van der Waals surface area contributed by atoms with Gasteiger partial charge in [0.25, 0.3) is 5.91 Å². The van der Waals surface area contributed by atoms with Gasteiger partial charge in [0, 0.05) is 22.7 Å². The maximum atomic E-state index is 12.3. The predicted molar refractivity (Wildman–Crippen MR) is 123 cm³/mol. The quantitative estimate of drug-likeness (QED) is 0.246. The summed E-state index contributed by atoms with van der Waals surface area (Å²) in [6.45, 7) is 8.25. The van der Waals surface area contributed by atoms with Gasteiger partial charge in [0.2, 0.25) is 0 Å². The molecule has 0 bridgehead atoms. The second kappa shape index (κ2) is 10.2. The normalized spacial score (nSPS) is 11.2. The fourth-order valence-electron chi connectivity index (χ4n) is 2.86. The molecule has 6 heteroatoms. The summed E-state index contributed by atoms with van der Waals surface area (Å²) in [4.78, 5) is 21.2. The van der Waals surface area contributed by atoms with E-state index < -0.39 is 0 Å². The van der Waals surface area contributed by atoms with Gasteiger partial charge in [-0.2, -0.15) is 5.10 Å². The zero-order valence-corrected chi connectivity index (χ0v) is 18.5. The lowest BCUT2D eigenvalue weighted by Crippen LogP contribution is -2.17. The number of benzene rings is 2. The molecule has 1 N–H and O–H groups in total. The van der Waals surface area contributed by atoms with Crippen molar-refractivity contribution in [3.8, 4) is 0 Å². The van der Waals surface area contributed by atoms with Gasteiger partial charge in [0.05, 0.1) is 6.21 Å². The summed E-state index contributed by atoms with van der Waals surface area (Å²) in [5.41, 5.74) is 8.41. The average Bonchev–Trinajstić information content (AvgIpc) is 2.72. The number of hydrazone groups is 1. The van der Waals surface area contributed by atoms with Crippen LogP contribution in [0.25, 0.3) is 0 Å². The molecule has 154 valence electrons. The molecule has 30 heavy (non-hydrogen) atoms. The summed E-state index contributed by atoms with van der Waals surface area (Å²) in [5.74, 6) is 1.00. The Hall–Kier alpha value is -2.99. The van der Waals surface area contributed by atoms with Crippen LogP contribution in [0.5, 0.6) is 0 Å². The highest BCUT2D eigenvalue weighted by Gasteiger charge is 2.06. The van der Waals surface area contributed by atoms with Crippen LogP contribution in [0.15, 0.2) is 64.9 Å². The highest BCUT2D eigenvalue weighted by Crippen LogP contribution is 2.20. The Labute approximate surface area is 182 Å². The lowest BCUT2D eigenvalue weighted by molar-refractivity contribution is 0.0955. The Morgan fingerprint density at radius 2 is 1.67 bits per heavy atom. The van der Waals surface area contributed by atoms with Gasteiger partial charge in [-0.1, -0.05) is 62.0 Å². The zero-order chi connectivity index (χ0) is 21.5. The van der Waals surface area contributed by atoms with Gasteiger partial charge >= 0.3 is 0 Å². The standard InChI is InChI=1S/C24H26N4OS/c1-16(2)21-9-5-19(6-10-21)14-25-28-23(29)22-11-7-20(8-12-22)15-30-24-26-17(3)13-18(4)27-24/h5-14,16H,15H2,1-4H3,(H,28,29)/b25-14+. The highest BCUT2D eigenvalue weighted by atomic mass is 32.2. The fourth-order valence-corrected chi connectivity index (χ4v) is 3.76. The first-order chi connectivity index (χ1) is 14.4. The van der Waals surface area contributed by atoms with Crippen LogP contribution in [0.3, 0.4) is 0 Å². The summed E-state index contributed by atoms with van der Waals surface area (Å²) in [6.07, 6.45) is 1.65. The van der Waals surface area contributed by atoms with E-state index in [1.54, 1.807) is 30.1 Å². The minimum absolute atomic E-state index is 0.234. The first-order valence-corrected chi connectivity index (χ1v) is 10.9. The number of thioether (sulfide) groups is 1. The molecular weight excluding hydrogens is 392 g/mol. The Morgan fingerprint density at radius 3 is 2.27 bits per heavy atom. The molecule has 0 spiro atoms. The first-order valence-electron chi connectivity index (χ1n) is 9.88. The van der Waals surface area contributed by atoms with Gasteiger partial charge in [-0.25, -0.2) is 15.4 Å². The van der Waals surface area contributed by atoms with Gasteiger partial charge in [0.15, 0.2) is 5.16 Å².